The standard InChI is InChI=1S/C14H9NOS/c16-8-13-9-17-14(15-13)12-6-5-10-3-1-2-4-11(10)7-12/h1-9H. The van der Waals surface area contributed by atoms with Crippen LogP contribution in [0.4, 0.5) is 0 Å². The zero-order valence-electron chi connectivity index (χ0n) is 8.96. The van der Waals surface area contributed by atoms with Crippen molar-refractivity contribution in [3.8, 4) is 10.6 Å². The maximum absolute atomic E-state index is 10.6. The molecule has 2 nitrogen and oxygen atoms in total. The van der Waals surface area contributed by atoms with Crippen LogP contribution in [0.3, 0.4) is 0 Å². The second kappa shape index (κ2) is 4.11. The Morgan fingerprint density at radius 3 is 2.65 bits per heavy atom. The molecule has 2 aromatic carbocycles. The summed E-state index contributed by atoms with van der Waals surface area (Å²) in [5, 5.41) is 5.06. The Balaban J connectivity index is 2.14. The van der Waals surface area contributed by atoms with Crippen LogP contribution in [-0.2, 0) is 0 Å². The van der Waals surface area contributed by atoms with Crippen molar-refractivity contribution in [3.63, 3.8) is 0 Å². The number of rotatable bonds is 2. The van der Waals surface area contributed by atoms with Crippen LogP contribution in [0, 0.1) is 0 Å². The van der Waals surface area contributed by atoms with E-state index < -0.39 is 0 Å². The summed E-state index contributed by atoms with van der Waals surface area (Å²) in [5.41, 5.74) is 1.56. The number of carbonyl (C=O) groups is 1. The van der Waals surface area contributed by atoms with Gasteiger partial charge in [0, 0.05) is 10.9 Å². The number of aromatic nitrogens is 1. The Hall–Kier alpha value is -2.00. The van der Waals surface area contributed by atoms with Crippen LogP contribution in [0.1, 0.15) is 10.5 Å². The minimum Gasteiger partial charge on any atom is -0.296 e. The van der Waals surface area contributed by atoms with E-state index in [1.54, 1.807) is 5.38 Å². The van der Waals surface area contributed by atoms with Crippen molar-refractivity contribution in [1.82, 2.24) is 4.98 Å². The molecule has 3 heteroatoms. The normalized spacial score (nSPS) is 10.6. The van der Waals surface area contributed by atoms with Crippen LogP contribution in [-0.4, -0.2) is 11.3 Å². The van der Waals surface area contributed by atoms with Crippen LogP contribution in [0.25, 0.3) is 21.3 Å². The topological polar surface area (TPSA) is 30.0 Å². The second-order valence-electron chi connectivity index (χ2n) is 3.76. The summed E-state index contributed by atoms with van der Waals surface area (Å²) in [6, 6.07) is 14.4. The third-order valence-corrected chi connectivity index (χ3v) is 3.55. The summed E-state index contributed by atoms with van der Waals surface area (Å²) in [5.74, 6) is 0. The van der Waals surface area contributed by atoms with Crippen molar-refractivity contribution in [2.75, 3.05) is 0 Å². The van der Waals surface area contributed by atoms with E-state index in [2.05, 4.69) is 29.2 Å². The molecule has 0 radical (unpaired) electrons. The molecule has 0 N–H and O–H groups in total. The predicted molar refractivity (Wildman–Crippen MR) is 70.4 cm³/mol. The smallest absolute Gasteiger partial charge is 0.169 e. The first-order valence-corrected chi connectivity index (χ1v) is 6.15. The van der Waals surface area contributed by atoms with Crippen LogP contribution >= 0.6 is 11.3 Å². The summed E-state index contributed by atoms with van der Waals surface area (Å²) < 4.78 is 0. The maximum atomic E-state index is 10.6. The van der Waals surface area contributed by atoms with E-state index >= 15 is 0 Å². The van der Waals surface area contributed by atoms with Gasteiger partial charge in [0.2, 0.25) is 0 Å². The minimum absolute atomic E-state index is 0.498. The SMILES string of the molecule is O=Cc1csc(-c2ccc3ccccc3c2)n1. The molecule has 1 heterocycles. The molecule has 0 bridgehead atoms. The second-order valence-corrected chi connectivity index (χ2v) is 4.62. The van der Waals surface area contributed by atoms with Crippen LogP contribution < -0.4 is 0 Å². The molecule has 0 aliphatic rings. The molecule has 3 rings (SSSR count). The van der Waals surface area contributed by atoms with E-state index in [0.29, 0.717) is 5.69 Å². The summed E-state index contributed by atoms with van der Waals surface area (Å²) in [6.07, 6.45) is 0.779. The fourth-order valence-corrected chi connectivity index (χ4v) is 2.56. The average Bonchev–Trinajstić information content (AvgIpc) is 2.87. The monoisotopic (exact) mass is 239 g/mol. The number of fused-ring (bicyclic) bond motifs is 1. The molecule has 0 atom stereocenters. The third kappa shape index (κ3) is 1.85. The van der Waals surface area contributed by atoms with E-state index in [1.165, 1.54) is 22.1 Å². The summed E-state index contributed by atoms with van der Waals surface area (Å²) in [6.45, 7) is 0. The van der Waals surface area contributed by atoms with Crippen molar-refractivity contribution >= 4 is 28.4 Å². The fraction of sp³-hybridized carbons (Fsp3) is 0. The Kier molecular flexibility index (Phi) is 2.46. The van der Waals surface area contributed by atoms with Gasteiger partial charge < -0.3 is 0 Å². The van der Waals surface area contributed by atoms with Crippen molar-refractivity contribution in [3.05, 3.63) is 53.5 Å². The third-order valence-electron chi connectivity index (χ3n) is 2.64. The first-order valence-electron chi connectivity index (χ1n) is 5.27. The fourth-order valence-electron chi connectivity index (χ4n) is 1.80. The predicted octanol–water partition coefficient (Wildman–Crippen LogP) is 3.78. The van der Waals surface area contributed by atoms with Gasteiger partial charge in [-0.2, -0.15) is 0 Å². The zero-order chi connectivity index (χ0) is 11.7. The number of benzene rings is 2. The van der Waals surface area contributed by atoms with Crippen molar-refractivity contribution in [2.45, 2.75) is 0 Å². The number of aldehydes is 1. The summed E-state index contributed by atoms with van der Waals surface area (Å²) in [7, 11) is 0. The Morgan fingerprint density at radius 2 is 1.88 bits per heavy atom. The Bertz CT molecular complexity index is 687. The minimum atomic E-state index is 0.498. The molecule has 0 aliphatic heterocycles. The van der Waals surface area contributed by atoms with Crippen LogP contribution in [0.2, 0.25) is 0 Å². The first-order chi connectivity index (χ1) is 8.36. The molecule has 0 saturated heterocycles. The quantitative estimate of drug-likeness (QED) is 0.637. The van der Waals surface area contributed by atoms with E-state index in [-0.39, 0.29) is 0 Å². The number of hydrogen-bond donors (Lipinski definition) is 0. The highest BCUT2D eigenvalue weighted by molar-refractivity contribution is 7.13. The van der Waals surface area contributed by atoms with Gasteiger partial charge in [-0.05, 0) is 16.8 Å². The van der Waals surface area contributed by atoms with Gasteiger partial charge in [0.1, 0.15) is 10.7 Å². The number of nitrogens with zero attached hydrogens (tertiary/aromatic N) is 1. The summed E-state index contributed by atoms with van der Waals surface area (Å²) in [4.78, 5) is 14.9. The van der Waals surface area contributed by atoms with E-state index in [4.69, 9.17) is 0 Å². The zero-order valence-corrected chi connectivity index (χ0v) is 9.78. The molecule has 17 heavy (non-hydrogen) atoms. The lowest BCUT2D eigenvalue weighted by Gasteiger charge is -2.00. The lowest BCUT2D eigenvalue weighted by molar-refractivity contribution is 0.111. The maximum Gasteiger partial charge on any atom is 0.169 e. The van der Waals surface area contributed by atoms with Crippen LogP contribution in [0.15, 0.2) is 47.8 Å². The molecule has 0 aliphatic carbocycles. The molecule has 3 aromatic rings. The lowest BCUT2D eigenvalue weighted by Crippen LogP contribution is -1.80. The molecule has 82 valence electrons. The van der Waals surface area contributed by atoms with Crippen molar-refractivity contribution < 1.29 is 4.79 Å². The van der Waals surface area contributed by atoms with Gasteiger partial charge in [-0.15, -0.1) is 11.3 Å². The average molecular weight is 239 g/mol. The highest BCUT2D eigenvalue weighted by Gasteiger charge is 2.04. The lowest BCUT2D eigenvalue weighted by atomic mass is 10.1. The molecule has 0 spiro atoms. The van der Waals surface area contributed by atoms with E-state index in [9.17, 15) is 4.79 Å². The number of hydrogen-bond acceptors (Lipinski definition) is 3. The molecular formula is C14H9NOS. The van der Waals surface area contributed by atoms with E-state index in [1.807, 2.05) is 18.2 Å². The van der Waals surface area contributed by atoms with Gasteiger partial charge in [0.05, 0.1) is 0 Å². The van der Waals surface area contributed by atoms with Crippen molar-refractivity contribution in [2.24, 2.45) is 0 Å². The first kappa shape index (κ1) is 10.2. The van der Waals surface area contributed by atoms with Crippen molar-refractivity contribution in [1.29, 1.82) is 0 Å². The highest BCUT2D eigenvalue weighted by atomic mass is 32.1. The highest BCUT2D eigenvalue weighted by Crippen LogP contribution is 2.26. The summed E-state index contributed by atoms with van der Waals surface area (Å²) >= 11 is 1.49. The molecular weight excluding hydrogens is 230 g/mol. The van der Waals surface area contributed by atoms with Gasteiger partial charge in [-0.3, -0.25) is 4.79 Å². The van der Waals surface area contributed by atoms with Gasteiger partial charge in [-0.1, -0.05) is 36.4 Å². The molecule has 0 saturated carbocycles. The van der Waals surface area contributed by atoms with Gasteiger partial charge in [0.25, 0.3) is 0 Å². The van der Waals surface area contributed by atoms with E-state index in [0.717, 1.165) is 16.9 Å². The van der Waals surface area contributed by atoms with Gasteiger partial charge in [-0.25, -0.2) is 4.98 Å². The van der Waals surface area contributed by atoms with Gasteiger partial charge >= 0.3 is 0 Å². The molecule has 1 aromatic heterocycles. The number of thiazole rings is 1. The molecule has 0 unspecified atom stereocenters. The van der Waals surface area contributed by atoms with Crippen LogP contribution in [0.5, 0.6) is 0 Å². The molecule has 0 fully saturated rings. The number of carbonyl (C=O) groups excluding carboxylic acids is 1. The Morgan fingerprint density at radius 1 is 1.06 bits per heavy atom. The Labute approximate surface area is 103 Å². The molecule has 0 amide bonds. The van der Waals surface area contributed by atoms with Gasteiger partial charge in [0.15, 0.2) is 6.29 Å². The largest absolute Gasteiger partial charge is 0.296 e.